The lowest BCUT2D eigenvalue weighted by Crippen LogP contribution is -2.54. The maximum Gasteiger partial charge on any atom is 0.248 e. The summed E-state index contributed by atoms with van der Waals surface area (Å²) in [5, 5.41) is 9.40. The Hall–Kier alpha value is -2.83. The van der Waals surface area contributed by atoms with Crippen molar-refractivity contribution in [2.24, 2.45) is 0 Å². The van der Waals surface area contributed by atoms with Crippen molar-refractivity contribution < 1.29 is 9.13 Å². The zero-order valence-electron chi connectivity index (χ0n) is 13.2. The molecule has 2 heterocycles. The first-order valence-electron chi connectivity index (χ1n) is 7.62. The molecule has 1 fully saturated rings. The Morgan fingerprint density at radius 3 is 2.92 bits per heavy atom. The molecule has 125 valence electrons. The van der Waals surface area contributed by atoms with Crippen molar-refractivity contribution in [2.45, 2.75) is 19.6 Å². The second kappa shape index (κ2) is 6.74. The molecular weight excluding hydrogens is 311 g/mol. The van der Waals surface area contributed by atoms with Crippen LogP contribution in [-0.4, -0.2) is 30.5 Å². The van der Waals surface area contributed by atoms with Gasteiger partial charge in [0, 0.05) is 18.2 Å². The number of aryl methyl sites for hydroxylation is 1. The standard InChI is InChI=1S/C17H18FN4O2/c1-11-15(5-6-16(23)21-11)24-13-8-22(9-13)14-4-2-3-12(17(14)18)7-20-10-19/h2-6,13H,7-9H2,1H3,(H2,19,20)(H,21,23). The number of pyridine rings is 1. The van der Waals surface area contributed by atoms with Gasteiger partial charge in [0.25, 0.3) is 0 Å². The molecule has 0 saturated carbocycles. The van der Waals surface area contributed by atoms with E-state index in [1.165, 1.54) is 6.07 Å². The van der Waals surface area contributed by atoms with E-state index in [2.05, 4.69) is 10.3 Å². The molecule has 1 radical (unpaired) electrons. The van der Waals surface area contributed by atoms with Gasteiger partial charge in [-0.3, -0.25) is 10.2 Å². The van der Waals surface area contributed by atoms with E-state index < -0.39 is 0 Å². The van der Waals surface area contributed by atoms with Crippen molar-refractivity contribution >= 4 is 12.0 Å². The second-order valence-corrected chi connectivity index (χ2v) is 5.69. The monoisotopic (exact) mass is 329 g/mol. The van der Waals surface area contributed by atoms with E-state index in [9.17, 15) is 9.18 Å². The van der Waals surface area contributed by atoms with E-state index >= 15 is 0 Å². The minimum absolute atomic E-state index is 0.0503. The summed E-state index contributed by atoms with van der Waals surface area (Å²) in [4.78, 5) is 15.8. The molecule has 0 spiro atoms. The summed E-state index contributed by atoms with van der Waals surface area (Å²) in [5.74, 6) is 0.345. The lowest BCUT2D eigenvalue weighted by molar-refractivity contribution is 0.165. The van der Waals surface area contributed by atoms with Crippen molar-refractivity contribution in [1.29, 1.82) is 5.41 Å². The molecule has 0 bridgehead atoms. The Labute approximate surface area is 138 Å². The van der Waals surface area contributed by atoms with Crippen LogP contribution < -0.4 is 20.5 Å². The highest BCUT2D eigenvalue weighted by Crippen LogP contribution is 2.28. The van der Waals surface area contributed by atoms with Crippen molar-refractivity contribution in [1.82, 2.24) is 10.3 Å². The van der Waals surface area contributed by atoms with Gasteiger partial charge in [-0.25, -0.2) is 4.39 Å². The highest BCUT2D eigenvalue weighted by atomic mass is 19.1. The molecule has 1 saturated heterocycles. The van der Waals surface area contributed by atoms with E-state index in [-0.39, 0.29) is 24.0 Å². The number of rotatable bonds is 6. The molecule has 3 rings (SSSR count). The molecule has 1 aliphatic rings. The summed E-state index contributed by atoms with van der Waals surface area (Å²) in [6.07, 6.45) is 1.99. The summed E-state index contributed by atoms with van der Waals surface area (Å²) in [6, 6.07) is 8.28. The molecule has 0 unspecified atom stereocenters. The van der Waals surface area contributed by atoms with Gasteiger partial charge in [0.1, 0.15) is 11.9 Å². The molecule has 0 aliphatic carbocycles. The molecule has 0 atom stereocenters. The van der Waals surface area contributed by atoms with E-state index in [1.807, 2.05) is 11.2 Å². The van der Waals surface area contributed by atoms with Crippen molar-refractivity contribution in [3.8, 4) is 5.75 Å². The summed E-state index contributed by atoms with van der Waals surface area (Å²) >= 11 is 0. The second-order valence-electron chi connectivity index (χ2n) is 5.69. The minimum Gasteiger partial charge on any atom is -0.485 e. The van der Waals surface area contributed by atoms with Crippen LogP contribution in [0.4, 0.5) is 10.1 Å². The number of benzene rings is 1. The fourth-order valence-corrected chi connectivity index (χ4v) is 2.67. The van der Waals surface area contributed by atoms with Crippen LogP contribution in [0.25, 0.3) is 0 Å². The smallest absolute Gasteiger partial charge is 0.248 e. The van der Waals surface area contributed by atoms with Crippen molar-refractivity contribution in [2.75, 3.05) is 18.0 Å². The molecular formula is C17H18FN4O2. The molecule has 6 nitrogen and oxygen atoms in total. The molecule has 7 heteroatoms. The van der Waals surface area contributed by atoms with Gasteiger partial charge >= 0.3 is 0 Å². The number of hydrogen-bond donors (Lipinski definition) is 3. The number of hydrogen-bond acceptors (Lipinski definition) is 4. The third-order valence-electron chi connectivity index (χ3n) is 3.97. The molecule has 0 amide bonds. The topological polar surface area (TPSA) is 81.2 Å². The van der Waals surface area contributed by atoms with E-state index in [0.717, 1.165) is 0 Å². The van der Waals surface area contributed by atoms with Crippen LogP contribution in [0.15, 0.2) is 35.1 Å². The summed E-state index contributed by atoms with van der Waals surface area (Å²) < 4.78 is 20.3. The zero-order chi connectivity index (χ0) is 17.1. The normalized spacial score (nSPS) is 14.2. The highest BCUT2D eigenvalue weighted by Gasteiger charge is 2.31. The number of H-pyrrole nitrogens is 1. The first kappa shape index (κ1) is 16.0. The fraction of sp³-hybridized carbons (Fsp3) is 0.294. The van der Waals surface area contributed by atoms with Crippen LogP contribution in [-0.2, 0) is 6.54 Å². The third kappa shape index (κ3) is 3.24. The number of ether oxygens (including phenoxy) is 1. The summed E-state index contributed by atoms with van der Waals surface area (Å²) in [5.41, 5.74) is 1.54. The van der Waals surface area contributed by atoms with E-state index in [0.29, 0.717) is 35.8 Å². The van der Waals surface area contributed by atoms with Gasteiger partial charge in [-0.15, -0.1) is 0 Å². The quantitative estimate of drug-likeness (QED) is 0.428. The predicted molar refractivity (Wildman–Crippen MR) is 89.4 cm³/mol. The van der Waals surface area contributed by atoms with Gasteiger partial charge in [-0.05, 0) is 19.1 Å². The predicted octanol–water partition coefficient (Wildman–Crippen LogP) is 1.66. The van der Waals surface area contributed by atoms with Crippen LogP contribution in [0.3, 0.4) is 0 Å². The number of aromatic amines is 1. The molecule has 1 aromatic carbocycles. The SMILES string of the molecule is Cc1[nH]c(=O)ccc1OC1CN(c2cccc(CN[C]=N)c2F)C1. The maximum absolute atomic E-state index is 14.5. The molecule has 1 aromatic heterocycles. The number of halogens is 1. The highest BCUT2D eigenvalue weighted by molar-refractivity contribution is 5.54. The largest absolute Gasteiger partial charge is 0.485 e. The Bertz CT molecular complexity index is 799. The number of nitrogens with one attached hydrogen (secondary N) is 3. The van der Waals surface area contributed by atoms with Gasteiger partial charge in [0.2, 0.25) is 5.56 Å². The third-order valence-corrected chi connectivity index (χ3v) is 3.97. The first-order valence-corrected chi connectivity index (χ1v) is 7.62. The Kier molecular flexibility index (Phi) is 4.50. The van der Waals surface area contributed by atoms with Gasteiger partial charge in [-0.2, -0.15) is 0 Å². The van der Waals surface area contributed by atoms with E-state index in [1.54, 1.807) is 31.2 Å². The summed E-state index contributed by atoms with van der Waals surface area (Å²) in [7, 11) is 0. The number of aromatic nitrogens is 1. The van der Waals surface area contributed by atoms with Gasteiger partial charge < -0.3 is 19.9 Å². The van der Waals surface area contributed by atoms with Crippen LogP contribution in [0.1, 0.15) is 11.3 Å². The zero-order valence-corrected chi connectivity index (χ0v) is 13.2. The number of nitrogens with zero attached hydrogens (tertiary/aromatic N) is 1. The minimum atomic E-state index is -0.293. The van der Waals surface area contributed by atoms with Gasteiger partial charge in [-0.1, -0.05) is 12.1 Å². The van der Waals surface area contributed by atoms with Crippen LogP contribution in [0, 0.1) is 18.2 Å². The summed E-state index contributed by atoms with van der Waals surface area (Å²) in [6.45, 7) is 3.16. The van der Waals surface area contributed by atoms with Crippen LogP contribution in [0.2, 0.25) is 0 Å². The Morgan fingerprint density at radius 1 is 1.42 bits per heavy atom. The van der Waals surface area contributed by atoms with Gasteiger partial charge in [0.15, 0.2) is 12.2 Å². The van der Waals surface area contributed by atoms with Gasteiger partial charge in [0.05, 0.1) is 24.5 Å². The first-order chi connectivity index (χ1) is 11.6. The average Bonchev–Trinajstić information content (AvgIpc) is 2.52. The average molecular weight is 329 g/mol. The van der Waals surface area contributed by atoms with Crippen LogP contribution in [0.5, 0.6) is 5.75 Å². The fourth-order valence-electron chi connectivity index (χ4n) is 2.67. The Morgan fingerprint density at radius 2 is 2.21 bits per heavy atom. The molecule has 1 aliphatic heterocycles. The lowest BCUT2D eigenvalue weighted by Gasteiger charge is -2.41. The molecule has 24 heavy (non-hydrogen) atoms. The Balaban J connectivity index is 1.64. The molecule has 2 aromatic rings. The maximum atomic E-state index is 14.5. The molecule has 3 N–H and O–H groups in total. The van der Waals surface area contributed by atoms with Crippen LogP contribution >= 0.6 is 0 Å². The van der Waals surface area contributed by atoms with E-state index in [4.69, 9.17) is 10.1 Å². The van der Waals surface area contributed by atoms with Crippen molar-refractivity contribution in [3.63, 3.8) is 0 Å². The lowest BCUT2D eigenvalue weighted by atomic mass is 10.1. The van der Waals surface area contributed by atoms with Crippen molar-refractivity contribution in [3.05, 3.63) is 57.8 Å². The number of anilines is 1.